The molecule has 2 heterocycles. The van der Waals surface area contributed by atoms with Crippen molar-refractivity contribution in [2.24, 2.45) is 5.92 Å². The molecular formula is C47H46N4O9. The van der Waals surface area contributed by atoms with Crippen LogP contribution in [0.2, 0.25) is 0 Å². The molecule has 5 aromatic rings. The van der Waals surface area contributed by atoms with Gasteiger partial charge in [-0.2, -0.15) is 0 Å². The number of Topliss-reactive ketones (excluding diaryl/α,β-unsaturated/α-hetero) is 1. The van der Waals surface area contributed by atoms with Gasteiger partial charge in [0.1, 0.15) is 12.1 Å². The van der Waals surface area contributed by atoms with Gasteiger partial charge in [0.25, 0.3) is 11.8 Å². The average Bonchev–Trinajstić information content (AvgIpc) is 3.26. The van der Waals surface area contributed by atoms with E-state index in [1.54, 1.807) is 72.8 Å². The number of aliphatic hydroxyl groups is 2. The molecule has 0 saturated carbocycles. The Hall–Kier alpha value is -6.96. The summed E-state index contributed by atoms with van der Waals surface area (Å²) in [4.78, 5) is 81.8. The Labute approximate surface area is 346 Å². The first kappa shape index (κ1) is 42.6. The van der Waals surface area contributed by atoms with Crippen molar-refractivity contribution in [3.05, 3.63) is 162 Å². The first-order valence-electron chi connectivity index (χ1n) is 19.6. The number of rotatable bonds is 8. The maximum absolute atomic E-state index is 14.5. The molecule has 4 amide bonds. The SMILES string of the molecule is O=C(O)[C@H]1CC(=O)[C@@H](Cc2ccccc2)NC(=O)[C@H](Cc2ccc(-c3ccccc3)cc2)NC(=O)[C@@H](Cc2ccccc2)NC(=O)[C@H](O)[C@@H](O)C(=O)Nc2ccc(cc2)C1. The van der Waals surface area contributed by atoms with Crippen molar-refractivity contribution in [1.29, 1.82) is 0 Å². The van der Waals surface area contributed by atoms with Gasteiger partial charge in [-0.25, -0.2) is 0 Å². The van der Waals surface area contributed by atoms with E-state index < -0.39 is 78.1 Å². The van der Waals surface area contributed by atoms with Crippen LogP contribution in [0.5, 0.6) is 0 Å². The van der Waals surface area contributed by atoms with E-state index in [4.69, 9.17) is 0 Å². The van der Waals surface area contributed by atoms with Crippen LogP contribution in [0.25, 0.3) is 11.1 Å². The zero-order valence-corrected chi connectivity index (χ0v) is 32.6. The van der Waals surface area contributed by atoms with Crippen LogP contribution in [0.15, 0.2) is 140 Å². The molecule has 0 aliphatic carbocycles. The number of carbonyl (C=O) groups excluding carboxylic acids is 5. The van der Waals surface area contributed by atoms with Crippen molar-refractivity contribution in [3.8, 4) is 11.1 Å². The quantitative estimate of drug-likeness (QED) is 0.114. The predicted octanol–water partition coefficient (Wildman–Crippen LogP) is 3.41. The fourth-order valence-corrected chi connectivity index (χ4v) is 7.01. The first-order valence-corrected chi connectivity index (χ1v) is 19.6. The number of ketones is 1. The molecule has 2 aliphatic heterocycles. The molecular weight excluding hydrogens is 765 g/mol. The number of carbonyl (C=O) groups is 6. The minimum absolute atomic E-state index is 0.0332. The zero-order chi connectivity index (χ0) is 42.6. The van der Waals surface area contributed by atoms with E-state index in [2.05, 4.69) is 21.3 Å². The summed E-state index contributed by atoms with van der Waals surface area (Å²) in [6.45, 7) is 0. The molecule has 5 aromatic carbocycles. The van der Waals surface area contributed by atoms with Gasteiger partial charge < -0.3 is 36.6 Å². The largest absolute Gasteiger partial charge is 0.481 e. The van der Waals surface area contributed by atoms with Crippen LogP contribution in [0, 0.1) is 5.92 Å². The Morgan fingerprint density at radius 2 is 0.917 bits per heavy atom. The third kappa shape index (κ3) is 11.6. The van der Waals surface area contributed by atoms with Gasteiger partial charge >= 0.3 is 5.97 Å². The van der Waals surface area contributed by atoms with Crippen molar-refractivity contribution >= 4 is 41.1 Å². The minimum atomic E-state index is -2.30. The standard InChI is InChI=1S/C47H46N4O9/c52-40-28-35(47(59)60)24-31-18-22-36(23-19-31)48-45(57)41(53)42(54)46(58)51-39(26-30-12-6-2-7-13-30)44(56)50-38(43(55)49-37(40)25-29-10-4-1-5-11-29)27-32-16-20-34(21-17-32)33-14-8-3-9-15-33/h1-23,35,37-39,41-42,53-54H,24-28H2,(H,48,57)(H,49,55)(H,50,56)(H,51,58)(H,59,60)/t35-,37-,38+,39-,41-,42-/m1/s1. The maximum Gasteiger partial charge on any atom is 0.307 e. The number of anilines is 1. The molecule has 0 radical (unpaired) electrons. The molecule has 7 N–H and O–H groups in total. The number of carboxylic acid groups (broad SMARTS) is 1. The molecule has 7 rings (SSSR count). The molecule has 0 unspecified atom stereocenters. The third-order valence-corrected chi connectivity index (χ3v) is 10.4. The molecule has 2 bridgehead atoms. The fourth-order valence-electron chi connectivity index (χ4n) is 7.01. The van der Waals surface area contributed by atoms with Crippen LogP contribution >= 0.6 is 0 Å². The van der Waals surface area contributed by atoms with Crippen LogP contribution in [0.3, 0.4) is 0 Å². The molecule has 13 heteroatoms. The van der Waals surface area contributed by atoms with Crippen LogP contribution in [0.4, 0.5) is 5.69 Å². The Bertz CT molecular complexity index is 2270. The zero-order valence-electron chi connectivity index (χ0n) is 32.6. The number of nitrogens with one attached hydrogen (secondary N) is 4. The Morgan fingerprint density at radius 3 is 1.45 bits per heavy atom. The van der Waals surface area contributed by atoms with E-state index >= 15 is 0 Å². The number of aliphatic hydroxyl groups excluding tert-OH is 2. The highest BCUT2D eigenvalue weighted by Crippen LogP contribution is 2.22. The number of fused-ring (bicyclic) bond motifs is 18. The number of hydrogen-bond acceptors (Lipinski definition) is 8. The van der Waals surface area contributed by atoms with Gasteiger partial charge in [-0.3, -0.25) is 28.8 Å². The molecule has 6 atom stereocenters. The third-order valence-electron chi connectivity index (χ3n) is 10.4. The van der Waals surface area contributed by atoms with Gasteiger partial charge in [-0.15, -0.1) is 0 Å². The normalized spacial score (nSPS) is 22.1. The highest BCUT2D eigenvalue weighted by atomic mass is 16.4. The van der Waals surface area contributed by atoms with Crippen molar-refractivity contribution in [2.75, 3.05) is 5.32 Å². The summed E-state index contributed by atoms with van der Waals surface area (Å²) in [6.07, 6.45) is -5.17. The second-order valence-electron chi connectivity index (χ2n) is 14.8. The van der Waals surface area contributed by atoms with Gasteiger partial charge in [0.15, 0.2) is 18.0 Å². The van der Waals surface area contributed by atoms with E-state index in [-0.39, 0.29) is 31.4 Å². The lowest BCUT2D eigenvalue weighted by molar-refractivity contribution is -0.145. The summed E-state index contributed by atoms with van der Waals surface area (Å²) in [5.74, 6) is -6.86. The van der Waals surface area contributed by atoms with Gasteiger partial charge in [0.2, 0.25) is 11.8 Å². The van der Waals surface area contributed by atoms with Gasteiger partial charge in [0, 0.05) is 24.9 Å². The van der Waals surface area contributed by atoms with Gasteiger partial charge in [-0.05, 0) is 58.4 Å². The summed E-state index contributed by atoms with van der Waals surface area (Å²) >= 11 is 0. The van der Waals surface area contributed by atoms with Crippen LogP contribution in [0.1, 0.15) is 28.7 Å². The summed E-state index contributed by atoms with van der Waals surface area (Å²) in [5, 5.41) is 42.2. The fraction of sp³-hybridized carbons (Fsp3) is 0.234. The minimum Gasteiger partial charge on any atom is -0.481 e. The molecule has 60 heavy (non-hydrogen) atoms. The lowest BCUT2D eigenvalue weighted by Gasteiger charge is -2.27. The first-order chi connectivity index (χ1) is 28.9. The average molecular weight is 811 g/mol. The highest BCUT2D eigenvalue weighted by molar-refractivity contribution is 6.00. The lowest BCUT2D eigenvalue weighted by Crippen LogP contribution is -2.59. The summed E-state index contributed by atoms with van der Waals surface area (Å²) in [6, 6.07) is 36.6. The van der Waals surface area contributed by atoms with Crippen molar-refractivity contribution in [2.45, 2.75) is 62.4 Å². The van der Waals surface area contributed by atoms with E-state index in [9.17, 15) is 44.1 Å². The summed E-state index contributed by atoms with van der Waals surface area (Å²) in [7, 11) is 0. The van der Waals surface area contributed by atoms with Crippen molar-refractivity contribution in [3.63, 3.8) is 0 Å². The Balaban J connectivity index is 1.38. The maximum atomic E-state index is 14.5. The number of hydrogen-bond donors (Lipinski definition) is 7. The predicted molar refractivity (Wildman–Crippen MR) is 223 cm³/mol. The molecule has 13 nitrogen and oxygen atoms in total. The van der Waals surface area contributed by atoms with E-state index in [1.807, 2.05) is 54.6 Å². The van der Waals surface area contributed by atoms with E-state index in [1.165, 1.54) is 12.1 Å². The van der Waals surface area contributed by atoms with E-state index in [0.29, 0.717) is 22.3 Å². The molecule has 308 valence electrons. The molecule has 2 aliphatic rings. The molecule has 0 fully saturated rings. The summed E-state index contributed by atoms with van der Waals surface area (Å²) < 4.78 is 0. The van der Waals surface area contributed by atoms with E-state index in [0.717, 1.165) is 11.1 Å². The smallest absolute Gasteiger partial charge is 0.307 e. The monoisotopic (exact) mass is 810 g/mol. The number of amides is 4. The molecule has 0 saturated heterocycles. The molecule has 0 aromatic heterocycles. The Morgan fingerprint density at radius 1 is 0.483 bits per heavy atom. The van der Waals surface area contributed by atoms with Crippen molar-refractivity contribution < 1.29 is 44.1 Å². The number of aliphatic carboxylic acids is 1. The van der Waals surface area contributed by atoms with Crippen LogP contribution < -0.4 is 21.3 Å². The Kier molecular flexibility index (Phi) is 14.3. The molecule has 0 spiro atoms. The van der Waals surface area contributed by atoms with Crippen LogP contribution in [-0.4, -0.2) is 81.0 Å². The van der Waals surface area contributed by atoms with Gasteiger partial charge in [0.05, 0.1) is 12.0 Å². The van der Waals surface area contributed by atoms with Crippen LogP contribution in [-0.2, 0) is 54.5 Å². The van der Waals surface area contributed by atoms with Crippen molar-refractivity contribution in [1.82, 2.24) is 16.0 Å². The summed E-state index contributed by atoms with van der Waals surface area (Å²) in [5.41, 5.74) is 4.55. The number of benzene rings is 5. The number of carboxylic acids is 1. The second-order valence-corrected chi connectivity index (χ2v) is 14.8. The highest BCUT2D eigenvalue weighted by Gasteiger charge is 2.35. The van der Waals surface area contributed by atoms with Gasteiger partial charge in [-0.1, -0.05) is 127 Å². The topological polar surface area (TPSA) is 211 Å². The lowest BCUT2D eigenvalue weighted by atomic mass is 9.90. The second kappa shape index (κ2) is 20.1.